The van der Waals surface area contributed by atoms with E-state index >= 15 is 0 Å². The van der Waals surface area contributed by atoms with E-state index in [1.807, 2.05) is 0 Å². The van der Waals surface area contributed by atoms with E-state index in [-0.39, 0.29) is 46.4 Å². The van der Waals surface area contributed by atoms with Crippen LogP contribution in [0.25, 0.3) is 22.4 Å². The summed E-state index contributed by atoms with van der Waals surface area (Å²) in [6.45, 7) is 2.71. The summed E-state index contributed by atoms with van der Waals surface area (Å²) in [5.41, 5.74) is 5.06. The number of ether oxygens (including phenoxy) is 1. The van der Waals surface area contributed by atoms with Gasteiger partial charge in [0.2, 0.25) is 11.8 Å². The van der Waals surface area contributed by atoms with Crippen molar-refractivity contribution in [2.75, 3.05) is 26.7 Å². The number of hydrogen-bond donors (Lipinski definition) is 2. The van der Waals surface area contributed by atoms with Crippen molar-refractivity contribution in [1.82, 2.24) is 20.2 Å². The summed E-state index contributed by atoms with van der Waals surface area (Å²) in [5, 5.41) is 2.83. The number of oxazole rings is 1. The number of halogens is 3. The number of likely N-dealkylation sites (tertiary alicyclic amines) is 1. The lowest BCUT2D eigenvalue weighted by Crippen LogP contribution is -2.39. The normalized spacial score (nSPS) is 14.9. The summed E-state index contributed by atoms with van der Waals surface area (Å²) in [4.78, 5) is 34.8. The van der Waals surface area contributed by atoms with Gasteiger partial charge in [-0.1, -0.05) is 0 Å². The highest BCUT2D eigenvalue weighted by atomic mass is 19.4. The average molecular weight is 491 g/mol. The van der Waals surface area contributed by atoms with Gasteiger partial charge in [-0.2, -0.15) is 13.2 Å². The number of nitrogens with zero attached hydrogens (tertiary/aromatic N) is 3. The lowest BCUT2D eigenvalue weighted by Gasteiger charge is -2.15. The largest absolute Gasteiger partial charge is 0.494 e. The van der Waals surface area contributed by atoms with Crippen molar-refractivity contribution in [1.29, 1.82) is 0 Å². The van der Waals surface area contributed by atoms with Crippen molar-refractivity contribution in [2.45, 2.75) is 32.0 Å². The molecule has 0 radical (unpaired) electrons. The second-order valence-corrected chi connectivity index (χ2v) is 8.20. The highest BCUT2D eigenvalue weighted by molar-refractivity contribution is 5.99. The Kier molecular flexibility index (Phi) is 6.66. The molecular formula is C23H24F3N5O4. The Morgan fingerprint density at radius 2 is 1.91 bits per heavy atom. The Balaban J connectivity index is 1.70. The molecule has 3 N–H and O–H groups in total. The number of amides is 2. The molecule has 1 aliphatic heterocycles. The van der Waals surface area contributed by atoms with E-state index in [9.17, 15) is 22.8 Å². The Morgan fingerprint density at radius 1 is 1.20 bits per heavy atom. The molecule has 0 spiro atoms. The molecule has 1 aromatic carbocycles. The van der Waals surface area contributed by atoms with Gasteiger partial charge in [0, 0.05) is 24.0 Å². The third-order valence-electron chi connectivity index (χ3n) is 5.70. The molecule has 0 aliphatic carbocycles. The Hall–Kier alpha value is -3.67. The maximum absolute atomic E-state index is 13.2. The second-order valence-electron chi connectivity index (χ2n) is 8.20. The van der Waals surface area contributed by atoms with E-state index < -0.39 is 23.8 Å². The number of hydrogen-bond acceptors (Lipinski definition) is 7. The number of carbonyl (C=O) groups excluding carboxylic acids is 2. The van der Waals surface area contributed by atoms with Crippen LogP contribution in [0, 0.1) is 0 Å². The first-order valence-corrected chi connectivity index (χ1v) is 11.0. The first-order chi connectivity index (χ1) is 16.6. The fourth-order valence-corrected chi connectivity index (χ4v) is 3.94. The number of rotatable bonds is 6. The molecule has 4 rings (SSSR count). The smallest absolute Gasteiger partial charge is 0.433 e. The fourth-order valence-electron chi connectivity index (χ4n) is 3.94. The van der Waals surface area contributed by atoms with E-state index in [1.54, 1.807) is 17.9 Å². The number of nitrogens with one attached hydrogen (secondary N) is 1. The number of nitrogens with two attached hydrogens (primary N) is 1. The Bertz CT molecular complexity index is 1270. The maximum atomic E-state index is 13.2. The molecule has 1 saturated heterocycles. The van der Waals surface area contributed by atoms with Crippen LogP contribution in [0.1, 0.15) is 47.7 Å². The van der Waals surface area contributed by atoms with Crippen LogP contribution < -0.4 is 15.8 Å². The summed E-state index contributed by atoms with van der Waals surface area (Å²) in [5.74, 6) is -0.658. The predicted octanol–water partition coefficient (Wildman–Crippen LogP) is 3.29. The van der Waals surface area contributed by atoms with E-state index in [0.717, 1.165) is 18.9 Å². The highest BCUT2D eigenvalue weighted by Gasteiger charge is 2.33. The van der Waals surface area contributed by atoms with E-state index in [2.05, 4.69) is 15.3 Å². The summed E-state index contributed by atoms with van der Waals surface area (Å²) in [7, 11) is 1.32. The number of fused-ring (bicyclic) bond motifs is 1. The minimum Gasteiger partial charge on any atom is -0.494 e. The van der Waals surface area contributed by atoms with Crippen LogP contribution in [0.15, 0.2) is 28.7 Å². The van der Waals surface area contributed by atoms with Gasteiger partial charge in [0.1, 0.15) is 17.0 Å². The quantitative estimate of drug-likeness (QED) is 0.542. The SMILES string of the molecule is COc1ccc(-c2nc(C(=O)NCC(=O)N3CCCC3)c([C@H](C)N)o2)c2ccc(C(F)(F)F)nc12. The van der Waals surface area contributed by atoms with Crippen LogP contribution in [-0.4, -0.2) is 53.4 Å². The summed E-state index contributed by atoms with van der Waals surface area (Å²) < 4.78 is 50.6. The van der Waals surface area contributed by atoms with Gasteiger partial charge in [0.25, 0.3) is 5.91 Å². The molecule has 186 valence electrons. The molecule has 2 amide bonds. The zero-order chi connectivity index (χ0) is 25.3. The lowest BCUT2D eigenvalue weighted by molar-refractivity contribution is -0.141. The molecule has 1 fully saturated rings. The number of methoxy groups -OCH3 is 1. The topological polar surface area (TPSA) is 124 Å². The zero-order valence-electron chi connectivity index (χ0n) is 19.1. The van der Waals surface area contributed by atoms with Crippen molar-refractivity contribution >= 4 is 22.7 Å². The minimum atomic E-state index is -4.64. The van der Waals surface area contributed by atoms with Gasteiger partial charge in [-0.3, -0.25) is 9.59 Å². The van der Waals surface area contributed by atoms with Crippen molar-refractivity contribution in [2.24, 2.45) is 5.73 Å². The monoisotopic (exact) mass is 491 g/mol. The van der Waals surface area contributed by atoms with E-state index in [0.29, 0.717) is 18.7 Å². The Labute approximate surface area is 198 Å². The summed E-state index contributed by atoms with van der Waals surface area (Å²) in [6.07, 6.45) is -2.79. The maximum Gasteiger partial charge on any atom is 0.433 e. The molecule has 12 heteroatoms. The van der Waals surface area contributed by atoms with Crippen LogP contribution in [0.3, 0.4) is 0 Å². The summed E-state index contributed by atoms with van der Waals surface area (Å²) in [6, 6.07) is 4.36. The van der Waals surface area contributed by atoms with Gasteiger partial charge < -0.3 is 25.1 Å². The fraction of sp³-hybridized carbons (Fsp3) is 0.391. The first-order valence-electron chi connectivity index (χ1n) is 11.0. The molecule has 2 aromatic heterocycles. The van der Waals surface area contributed by atoms with Gasteiger partial charge in [0.15, 0.2) is 11.5 Å². The van der Waals surface area contributed by atoms with Crippen LogP contribution in [-0.2, 0) is 11.0 Å². The molecule has 0 bridgehead atoms. The molecular weight excluding hydrogens is 467 g/mol. The molecule has 35 heavy (non-hydrogen) atoms. The number of pyridine rings is 1. The van der Waals surface area contributed by atoms with Gasteiger partial charge in [-0.25, -0.2) is 9.97 Å². The van der Waals surface area contributed by atoms with Crippen molar-refractivity contribution in [3.63, 3.8) is 0 Å². The zero-order valence-corrected chi connectivity index (χ0v) is 19.1. The number of aromatic nitrogens is 2. The molecule has 0 unspecified atom stereocenters. The first kappa shape index (κ1) is 24.5. The minimum absolute atomic E-state index is 0.0254. The van der Waals surface area contributed by atoms with Crippen molar-refractivity contribution in [3.8, 4) is 17.2 Å². The van der Waals surface area contributed by atoms with Crippen LogP contribution in [0.2, 0.25) is 0 Å². The summed E-state index contributed by atoms with van der Waals surface area (Å²) >= 11 is 0. The number of benzene rings is 1. The molecule has 0 saturated carbocycles. The highest BCUT2D eigenvalue weighted by Crippen LogP contribution is 2.37. The van der Waals surface area contributed by atoms with Crippen LogP contribution >= 0.6 is 0 Å². The third kappa shape index (κ3) is 4.92. The molecule has 3 aromatic rings. The van der Waals surface area contributed by atoms with Gasteiger partial charge in [-0.15, -0.1) is 0 Å². The third-order valence-corrected chi connectivity index (χ3v) is 5.70. The standard InChI is InChI=1S/C23H24F3N5O4/c1-12(27)20-19(21(33)28-11-17(32)31-9-3-4-10-31)30-22(35-20)14-5-7-15(34-2)18-13(14)6-8-16(29-18)23(24,25)26/h5-8,12H,3-4,9-11,27H2,1-2H3,(H,28,33)/t12-/m0/s1. The lowest BCUT2D eigenvalue weighted by atomic mass is 10.1. The number of alkyl halides is 3. The van der Waals surface area contributed by atoms with Gasteiger partial charge in [0.05, 0.1) is 19.7 Å². The van der Waals surface area contributed by atoms with Crippen molar-refractivity contribution in [3.05, 3.63) is 41.4 Å². The van der Waals surface area contributed by atoms with Crippen LogP contribution in [0.4, 0.5) is 13.2 Å². The van der Waals surface area contributed by atoms with Crippen molar-refractivity contribution < 1.29 is 31.9 Å². The molecule has 3 heterocycles. The molecule has 9 nitrogen and oxygen atoms in total. The van der Waals surface area contributed by atoms with Gasteiger partial charge in [-0.05, 0) is 44.0 Å². The average Bonchev–Trinajstić information content (AvgIpc) is 3.51. The van der Waals surface area contributed by atoms with Gasteiger partial charge >= 0.3 is 6.18 Å². The van der Waals surface area contributed by atoms with E-state index in [4.69, 9.17) is 14.9 Å². The van der Waals surface area contributed by atoms with Crippen LogP contribution in [0.5, 0.6) is 5.75 Å². The number of carbonyl (C=O) groups is 2. The van der Waals surface area contributed by atoms with E-state index in [1.165, 1.54) is 19.2 Å². The molecule has 1 aliphatic rings. The molecule has 1 atom stereocenters. The second kappa shape index (κ2) is 9.53. The Morgan fingerprint density at radius 3 is 2.54 bits per heavy atom. The predicted molar refractivity (Wildman–Crippen MR) is 120 cm³/mol.